The van der Waals surface area contributed by atoms with Gasteiger partial charge in [-0.25, -0.2) is 9.78 Å². The van der Waals surface area contributed by atoms with Crippen LogP contribution in [0.1, 0.15) is 18.9 Å². The molecule has 0 spiro atoms. The van der Waals surface area contributed by atoms with Gasteiger partial charge in [0.05, 0.1) is 0 Å². The Morgan fingerprint density at radius 1 is 1.00 bits per heavy atom. The molecule has 0 bridgehead atoms. The van der Waals surface area contributed by atoms with Crippen LogP contribution in [0.4, 0.5) is 29.3 Å². The van der Waals surface area contributed by atoms with E-state index >= 15 is 0 Å². The summed E-state index contributed by atoms with van der Waals surface area (Å²) in [6.45, 7) is 2.07. The number of carbonyl (C=O) groups excluding carboxylic acids is 1. The molecule has 0 saturated carbocycles. The van der Waals surface area contributed by atoms with E-state index in [1.807, 2.05) is 24.3 Å². The smallest absolute Gasteiger partial charge is 0.437 e. The Kier molecular flexibility index (Phi) is 6.96. The Hall–Kier alpha value is -3.75. The number of halogens is 3. The van der Waals surface area contributed by atoms with Crippen LogP contribution in [0.3, 0.4) is 0 Å². The molecule has 0 aliphatic carbocycles. The summed E-state index contributed by atoms with van der Waals surface area (Å²) in [7, 11) is 0. The number of hydrogen-bond acceptors (Lipinski definition) is 4. The summed E-state index contributed by atoms with van der Waals surface area (Å²) in [4.78, 5) is 16.5. The highest BCUT2D eigenvalue weighted by Gasteiger charge is 2.31. The van der Waals surface area contributed by atoms with E-state index in [1.165, 1.54) is 12.1 Å². The van der Waals surface area contributed by atoms with Gasteiger partial charge in [-0.2, -0.15) is 0 Å². The quantitative estimate of drug-likeness (QED) is 0.456. The number of hydrogen-bond donors (Lipinski definition) is 2. The molecule has 0 aliphatic heterocycles. The monoisotopic (exact) mass is 431 g/mol. The molecule has 3 rings (SSSR count). The Morgan fingerprint density at radius 3 is 2.45 bits per heavy atom. The highest BCUT2D eigenvalue weighted by molar-refractivity contribution is 6.00. The van der Waals surface area contributed by atoms with Gasteiger partial charge >= 0.3 is 12.4 Å². The number of nitrogens with one attached hydrogen (secondary N) is 2. The van der Waals surface area contributed by atoms with Crippen LogP contribution in [0.2, 0.25) is 0 Å². The standard InChI is InChI=1S/C22H20F3N3O3/c1-2-6-15-7-3-4-9-19(15)30-20-18(8-5-14-26-20)28-21(29)27-16-10-12-17(13-11-16)31-22(23,24)25/h3-5,7-14H,2,6H2,1H3,(H2,27,28,29). The lowest BCUT2D eigenvalue weighted by Crippen LogP contribution is -2.20. The van der Waals surface area contributed by atoms with Gasteiger partial charge in [-0.15, -0.1) is 13.2 Å². The number of para-hydroxylation sites is 1. The topological polar surface area (TPSA) is 72.5 Å². The minimum atomic E-state index is -4.78. The maximum Gasteiger partial charge on any atom is 0.573 e. The van der Waals surface area contributed by atoms with Gasteiger partial charge in [-0.05, 0) is 54.4 Å². The number of nitrogens with zero attached hydrogens (tertiary/aromatic N) is 1. The Balaban J connectivity index is 1.67. The zero-order valence-corrected chi connectivity index (χ0v) is 16.6. The lowest BCUT2D eigenvalue weighted by Gasteiger charge is -2.14. The molecule has 0 atom stereocenters. The summed E-state index contributed by atoms with van der Waals surface area (Å²) < 4.78 is 46.4. The van der Waals surface area contributed by atoms with Crippen molar-refractivity contribution in [3.8, 4) is 17.4 Å². The van der Waals surface area contributed by atoms with E-state index in [-0.39, 0.29) is 17.3 Å². The molecule has 6 nitrogen and oxygen atoms in total. The maximum atomic E-state index is 12.4. The molecular formula is C22H20F3N3O3. The molecule has 0 fully saturated rings. The summed E-state index contributed by atoms with van der Waals surface area (Å²) in [6.07, 6.45) is -1.46. The van der Waals surface area contributed by atoms with Crippen LogP contribution < -0.4 is 20.1 Å². The molecule has 0 aliphatic rings. The predicted octanol–water partition coefficient (Wildman–Crippen LogP) is 6.37. The first-order chi connectivity index (χ1) is 14.8. The number of anilines is 2. The van der Waals surface area contributed by atoms with Gasteiger partial charge in [0.1, 0.15) is 17.2 Å². The second-order valence-corrected chi connectivity index (χ2v) is 6.47. The third-order valence-electron chi connectivity index (χ3n) is 4.06. The molecule has 9 heteroatoms. The number of carbonyl (C=O) groups is 1. The van der Waals surface area contributed by atoms with Crippen molar-refractivity contribution in [1.82, 2.24) is 4.98 Å². The second kappa shape index (κ2) is 9.84. The summed E-state index contributed by atoms with van der Waals surface area (Å²) in [6, 6.07) is 15.0. The van der Waals surface area contributed by atoms with Crippen molar-refractivity contribution in [1.29, 1.82) is 0 Å². The highest BCUT2D eigenvalue weighted by atomic mass is 19.4. The van der Waals surface area contributed by atoms with Crippen molar-refractivity contribution in [2.45, 2.75) is 26.1 Å². The summed E-state index contributed by atoms with van der Waals surface area (Å²) >= 11 is 0. The number of ether oxygens (including phenoxy) is 2. The van der Waals surface area contributed by atoms with E-state index < -0.39 is 12.4 Å². The van der Waals surface area contributed by atoms with Crippen molar-refractivity contribution >= 4 is 17.4 Å². The van der Waals surface area contributed by atoms with Crippen molar-refractivity contribution in [3.63, 3.8) is 0 Å². The fourth-order valence-corrected chi connectivity index (χ4v) is 2.78. The molecule has 31 heavy (non-hydrogen) atoms. The van der Waals surface area contributed by atoms with Crippen LogP contribution in [0, 0.1) is 0 Å². The van der Waals surface area contributed by atoms with E-state index in [2.05, 4.69) is 27.3 Å². The third-order valence-corrected chi connectivity index (χ3v) is 4.06. The average molecular weight is 431 g/mol. The molecule has 1 heterocycles. The van der Waals surface area contributed by atoms with E-state index in [1.54, 1.807) is 18.3 Å². The van der Waals surface area contributed by atoms with Crippen LogP contribution in [0.25, 0.3) is 0 Å². The van der Waals surface area contributed by atoms with Crippen LogP contribution in [0.5, 0.6) is 17.4 Å². The number of benzene rings is 2. The minimum Gasteiger partial charge on any atom is -0.437 e. The van der Waals surface area contributed by atoms with Crippen LogP contribution in [-0.4, -0.2) is 17.4 Å². The van der Waals surface area contributed by atoms with Gasteiger partial charge in [0.2, 0.25) is 5.88 Å². The number of urea groups is 1. The van der Waals surface area contributed by atoms with E-state index in [0.29, 0.717) is 11.4 Å². The van der Waals surface area contributed by atoms with Crippen molar-refractivity contribution < 1.29 is 27.4 Å². The van der Waals surface area contributed by atoms with Crippen molar-refractivity contribution in [3.05, 3.63) is 72.4 Å². The molecule has 0 radical (unpaired) electrons. The lowest BCUT2D eigenvalue weighted by atomic mass is 10.1. The number of pyridine rings is 1. The molecule has 2 N–H and O–H groups in total. The predicted molar refractivity (Wildman–Crippen MR) is 111 cm³/mol. The minimum absolute atomic E-state index is 0.218. The van der Waals surface area contributed by atoms with Gasteiger partial charge < -0.3 is 20.1 Å². The van der Waals surface area contributed by atoms with E-state index in [9.17, 15) is 18.0 Å². The number of aryl methyl sites for hydroxylation is 1. The van der Waals surface area contributed by atoms with Gasteiger partial charge in [0.15, 0.2) is 0 Å². The van der Waals surface area contributed by atoms with Crippen LogP contribution in [0.15, 0.2) is 66.9 Å². The number of rotatable bonds is 7. The first-order valence-electron chi connectivity index (χ1n) is 9.48. The zero-order valence-electron chi connectivity index (χ0n) is 16.6. The molecule has 0 unspecified atom stereocenters. The van der Waals surface area contributed by atoms with Gasteiger partial charge in [-0.1, -0.05) is 31.5 Å². The molecular weight excluding hydrogens is 411 g/mol. The third kappa shape index (κ3) is 6.63. The van der Waals surface area contributed by atoms with Gasteiger partial charge in [0.25, 0.3) is 0 Å². The Morgan fingerprint density at radius 2 is 1.74 bits per heavy atom. The molecule has 2 aromatic carbocycles. The summed E-state index contributed by atoms with van der Waals surface area (Å²) in [5.74, 6) is 0.481. The Labute approximate surface area is 177 Å². The number of amides is 2. The van der Waals surface area contributed by atoms with Gasteiger partial charge in [-0.3, -0.25) is 0 Å². The highest BCUT2D eigenvalue weighted by Crippen LogP contribution is 2.30. The molecule has 2 amide bonds. The number of alkyl halides is 3. The summed E-state index contributed by atoms with van der Waals surface area (Å²) in [5, 5.41) is 5.17. The van der Waals surface area contributed by atoms with Crippen molar-refractivity contribution in [2.75, 3.05) is 10.6 Å². The van der Waals surface area contributed by atoms with Crippen molar-refractivity contribution in [2.24, 2.45) is 0 Å². The van der Waals surface area contributed by atoms with Gasteiger partial charge in [0, 0.05) is 11.9 Å². The van der Waals surface area contributed by atoms with E-state index in [4.69, 9.17) is 4.74 Å². The van der Waals surface area contributed by atoms with Crippen LogP contribution in [-0.2, 0) is 6.42 Å². The normalized spacial score (nSPS) is 11.0. The second-order valence-electron chi connectivity index (χ2n) is 6.47. The lowest BCUT2D eigenvalue weighted by molar-refractivity contribution is -0.274. The SMILES string of the molecule is CCCc1ccccc1Oc1ncccc1NC(=O)Nc1ccc(OC(F)(F)F)cc1. The molecule has 162 valence electrons. The van der Waals surface area contributed by atoms with Crippen LogP contribution >= 0.6 is 0 Å². The maximum absolute atomic E-state index is 12.4. The van der Waals surface area contributed by atoms with E-state index in [0.717, 1.165) is 30.5 Å². The molecule has 3 aromatic rings. The summed E-state index contributed by atoms with van der Waals surface area (Å²) in [5.41, 5.74) is 1.64. The number of aromatic nitrogens is 1. The largest absolute Gasteiger partial charge is 0.573 e. The fourth-order valence-electron chi connectivity index (χ4n) is 2.78. The molecule has 0 saturated heterocycles. The first-order valence-corrected chi connectivity index (χ1v) is 9.48. The fraction of sp³-hybridized carbons (Fsp3) is 0.182. The Bertz CT molecular complexity index is 1020. The zero-order chi connectivity index (χ0) is 22.3. The molecule has 1 aromatic heterocycles. The average Bonchev–Trinajstić information content (AvgIpc) is 2.71. The first kappa shape index (κ1) is 21.9.